The van der Waals surface area contributed by atoms with E-state index in [1.54, 1.807) is 98.8 Å². The Morgan fingerprint density at radius 2 is 0.950 bits per heavy atom. The number of benzene rings is 4. The minimum absolute atomic E-state index is 0.116. The van der Waals surface area contributed by atoms with Crippen molar-refractivity contribution < 1.29 is 26.4 Å². The van der Waals surface area contributed by atoms with Crippen molar-refractivity contribution in [2.45, 2.75) is 36.7 Å². The van der Waals surface area contributed by atoms with Gasteiger partial charge in [-0.3, -0.25) is 27.6 Å². The summed E-state index contributed by atoms with van der Waals surface area (Å²) in [5.41, 5.74) is 10.4. The van der Waals surface area contributed by atoms with E-state index in [0.717, 1.165) is 0 Å². The molecule has 6 aromatic rings. The molecular formula is C40H36Cl2N10O6S2. The normalized spacial score (nSPS) is 14.4. The molecule has 0 spiro atoms. The lowest BCUT2D eigenvalue weighted by Gasteiger charge is -2.26. The Kier molecular flexibility index (Phi) is 11.7. The fourth-order valence-corrected chi connectivity index (χ4v) is 9.92. The molecule has 16 nitrogen and oxygen atoms in total. The van der Waals surface area contributed by atoms with E-state index >= 15 is 0 Å². The monoisotopic (exact) mass is 886 g/mol. The Morgan fingerprint density at radius 1 is 0.600 bits per heavy atom. The van der Waals surface area contributed by atoms with Crippen molar-refractivity contribution >= 4 is 78.9 Å². The van der Waals surface area contributed by atoms with Crippen molar-refractivity contribution in [1.29, 1.82) is 0 Å². The van der Waals surface area contributed by atoms with Gasteiger partial charge in [0, 0.05) is 46.4 Å². The molecule has 0 aliphatic carbocycles. The summed E-state index contributed by atoms with van der Waals surface area (Å²) in [5.74, 6) is -0.805. The van der Waals surface area contributed by atoms with Crippen LogP contribution in [0.1, 0.15) is 22.5 Å². The van der Waals surface area contributed by atoms with E-state index in [9.17, 15) is 26.4 Å². The Hall–Kier alpha value is -6.34. The van der Waals surface area contributed by atoms with Gasteiger partial charge in [-0.25, -0.2) is 27.7 Å². The molecule has 2 N–H and O–H groups in total. The summed E-state index contributed by atoms with van der Waals surface area (Å²) < 4.78 is 56.7. The van der Waals surface area contributed by atoms with Crippen LogP contribution in [0.2, 0.25) is 10.0 Å². The van der Waals surface area contributed by atoms with Crippen LogP contribution in [-0.4, -0.2) is 74.7 Å². The standard InChI is InChI=1S/2C20H18ClN5O3S/c2*1-13-20-19(15-8-4-6-10-17(15)30(28,29)25(20)2)24-26(13)12-18(27)23-22-11-14-7-3-5-9-16(14)21/h2*3-11H,12H2,1-2H3,(H,23,27)/b2*22-11+. The second kappa shape index (κ2) is 16.7. The second-order valence-electron chi connectivity index (χ2n) is 13.4. The number of anilines is 2. The highest BCUT2D eigenvalue weighted by Crippen LogP contribution is 2.44. The van der Waals surface area contributed by atoms with Crippen LogP contribution < -0.4 is 19.5 Å². The number of hydrogen-bond donors (Lipinski definition) is 2. The van der Waals surface area contributed by atoms with Crippen LogP contribution in [0, 0.1) is 13.8 Å². The van der Waals surface area contributed by atoms with Crippen molar-refractivity contribution in [2.24, 2.45) is 10.2 Å². The van der Waals surface area contributed by atoms with Crippen LogP contribution in [0.4, 0.5) is 11.4 Å². The summed E-state index contributed by atoms with van der Waals surface area (Å²) >= 11 is 12.1. The molecule has 0 saturated heterocycles. The number of aromatic nitrogens is 4. The summed E-state index contributed by atoms with van der Waals surface area (Å²) in [6, 6.07) is 27.6. The number of hydrogen-bond acceptors (Lipinski definition) is 10. The number of rotatable bonds is 8. The summed E-state index contributed by atoms with van der Waals surface area (Å²) in [6.45, 7) is 3.22. The van der Waals surface area contributed by atoms with Gasteiger partial charge in [-0.2, -0.15) is 20.4 Å². The first-order valence-electron chi connectivity index (χ1n) is 18.1. The van der Waals surface area contributed by atoms with Gasteiger partial charge >= 0.3 is 0 Å². The molecule has 308 valence electrons. The molecule has 0 unspecified atom stereocenters. The Morgan fingerprint density at radius 3 is 1.33 bits per heavy atom. The van der Waals surface area contributed by atoms with Gasteiger partial charge in [0.2, 0.25) is 0 Å². The van der Waals surface area contributed by atoms with Crippen molar-refractivity contribution in [3.05, 3.63) is 130 Å². The average molecular weight is 888 g/mol. The molecule has 0 saturated carbocycles. The van der Waals surface area contributed by atoms with Crippen molar-refractivity contribution in [3.63, 3.8) is 0 Å². The predicted molar refractivity (Wildman–Crippen MR) is 230 cm³/mol. The average Bonchev–Trinajstić information content (AvgIpc) is 3.73. The summed E-state index contributed by atoms with van der Waals surface area (Å²) in [7, 11) is -4.39. The van der Waals surface area contributed by atoms with Crippen molar-refractivity contribution in [1.82, 2.24) is 30.4 Å². The zero-order valence-corrected chi connectivity index (χ0v) is 35.6. The Bertz CT molecular complexity index is 2770. The minimum Gasteiger partial charge on any atom is -0.271 e. The molecule has 60 heavy (non-hydrogen) atoms. The molecule has 2 aromatic heterocycles. The van der Waals surface area contributed by atoms with E-state index in [-0.39, 0.29) is 22.9 Å². The molecule has 0 fully saturated rings. The summed E-state index contributed by atoms with van der Waals surface area (Å²) in [6.07, 6.45) is 2.91. The molecule has 2 aliphatic rings. The highest BCUT2D eigenvalue weighted by Gasteiger charge is 2.38. The van der Waals surface area contributed by atoms with Gasteiger partial charge in [-0.05, 0) is 38.1 Å². The quantitative estimate of drug-likeness (QED) is 0.146. The SMILES string of the molecule is Cc1c2c(nn1CC(=O)N/N=C/c1ccccc1Cl)-c1ccccc1S(=O)(=O)N2C.Cc1c2c(nn1CC(=O)N/N=C/c1ccccc1Cl)-c1ccccc1S(=O)(=O)N2C. The van der Waals surface area contributed by atoms with Crippen LogP contribution in [0.3, 0.4) is 0 Å². The van der Waals surface area contributed by atoms with E-state index in [0.29, 0.717) is 66.4 Å². The Labute approximate surface area is 355 Å². The second-order valence-corrected chi connectivity index (χ2v) is 18.1. The van der Waals surface area contributed by atoms with Crippen LogP contribution in [0.5, 0.6) is 0 Å². The van der Waals surface area contributed by atoms with Gasteiger partial charge in [0.25, 0.3) is 31.9 Å². The molecule has 2 aliphatic heterocycles. The van der Waals surface area contributed by atoms with E-state index in [1.807, 2.05) is 12.1 Å². The number of carbonyl (C=O) groups excluding carboxylic acids is 2. The van der Waals surface area contributed by atoms with Gasteiger partial charge in [-0.15, -0.1) is 0 Å². The first-order valence-corrected chi connectivity index (χ1v) is 21.7. The predicted octanol–water partition coefficient (Wildman–Crippen LogP) is 5.60. The zero-order valence-electron chi connectivity index (χ0n) is 32.4. The number of carbonyl (C=O) groups is 2. The fraction of sp³-hybridized carbons (Fsp3) is 0.150. The lowest BCUT2D eigenvalue weighted by Crippen LogP contribution is -2.30. The third-order valence-corrected chi connectivity index (χ3v) is 14.0. The van der Waals surface area contributed by atoms with E-state index in [2.05, 4.69) is 31.3 Å². The number of nitrogens with one attached hydrogen (secondary N) is 2. The Balaban J connectivity index is 0.000000181. The molecule has 0 radical (unpaired) electrons. The number of fused-ring (bicyclic) bond motifs is 6. The van der Waals surface area contributed by atoms with Crippen LogP contribution in [0.25, 0.3) is 22.5 Å². The van der Waals surface area contributed by atoms with Crippen LogP contribution in [-0.2, 0) is 42.7 Å². The fourth-order valence-electron chi connectivity index (χ4n) is 6.66. The summed E-state index contributed by atoms with van der Waals surface area (Å²) in [5, 5.41) is 17.9. The van der Waals surface area contributed by atoms with Gasteiger partial charge in [-0.1, -0.05) is 96.0 Å². The molecule has 8 rings (SSSR count). The third-order valence-electron chi connectivity index (χ3n) is 9.72. The molecule has 2 amide bonds. The van der Waals surface area contributed by atoms with Crippen molar-refractivity contribution in [3.8, 4) is 22.5 Å². The van der Waals surface area contributed by atoms with E-state index < -0.39 is 31.9 Å². The maximum absolute atomic E-state index is 12.8. The maximum Gasteiger partial charge on any atom is 0.264 e. The first kappa shape index (κ1) is 41.8. The summed E-state index contributed by atoms with van der Waals surface area (Å²) in [4.78, 5) is 25.1. The van der Waals surface area contributed by atoms with Gasteiger partial charge < -0.3 is 0 Å². The molecule has 0 bridgehead atoms. The maximum atomic E-state index is 12.8. The number of halogens is 2. The van der Waals surface area contributed by atoms with Crippen LogP contribution in [0.15, 0.2) is 117 Å². The van der Waals surface area contributed by atoms with Gasteiger partial charge in [0.15, 0.2) is 0 Å². The molecule has 0 atom stereocenters. The van der Waals surface area contributed by atoms with Crippen molar-refractivity contribution in [2.75, 3.05) is 22.7 Å². The van der Waals surface area contributed by atoms with E-state index in [4.69, 9.17) is 23.2 Å². The van der Waals surface area contributed by atoms with E-state index in [1.165, 1.54) is 44.5 Å². The number of nitrogens with zero attached hydrogens (tertiary/aromatic N) is 8. The first-order chi connectivity index (χ1) is 28.6. The zero-order chi connectivity index (χ0) is 42.9. The lowest BCUT2D eigenvalue weighted by atomic mass is 10.1. The number of sulfonamides is 2. The third kappa shape index (κ3) is 7.89. The molecule has 4 aromatic carbocycles. The lowest BCUT2D eigenvalue weighted by molar-refractivity contribution is -0.122. The number of amides is 2. The molecule has 20 heteroatoms. The van der Waals surface area contributed by atoms with Gasteiger partial charge in [0.1, 0.15) is 35.9 Å². The largest absolute Gasteiger partial charge is 0.271 e. The van der Waals surface area contributed by atoms with Gasteiger partial charge in [0.05, 0.1) is 33.6 Å². The highest BCUT2D eigenvalue weighted by atomic mass is 35.5. The smallest absolute Gasteiger partial charge is 0.264 e. The highest BCUT2D eigenvalue weighted by molar-refractivity contribution is 7.93. The number of hydrazone groups is 2. The molecular weight excluding hydrogens is 852 g/mol. The minimum atomic E-state index is -3.68. The van der Waals surface area contributed by atoms with Crippen LogP contribution >= 0.6 is 23.2 Å². The topological polar surface area (TPSA) is 193 Å². The molecule has 4 heterocycles.